The molecule has 2 aromatic carbocycles. The fraction of sp³-hybridized carbons (Fsp3) is 0.333. The number of unbranched alkanes of at least 4 members (excludes halogenated alkanes) is 1. The lowest BCUT2D eigenvalue weighted by Gasteiger charge is -2.19. The fourth-order valence-corrected chi connectivity index (χ4v) is 3.98. The maximum Gasteiger partial charge on any atom is 0.336 e. The van der Waals surface area contributed by atoms with E-state index in [0.29, 0.717) is 11.6 Å². The van der Waals surface area contributed by atoms with Gasteiger partial charge in [0.25, 0.3) is 6.01 Å². The molecule has 27 heavy (non-hydrogen) atoms. The van der Waals surface area contributed by atoms with Gasteiger partial charge in [-0.15, -0.1) is 11.8 Å². The monoisotopic (exact) mass is 384 g/mol. The Morgan fingerprint density at radius 1 is 1.11 bits per heavy atom. The second-order valence-corrected chi connectivity index (χ2v) is 7.44. The number of oxazole rings is 1. The molecule has 1 heterocycles. The van der Waals surface area contributed by atoms with Gasteiger partial charge in [0.2, 0.25) is 0 Å². The van der Waals surface area contributed by atoms with Crippen molar-refractivity contribution in [3.63, 3.8) is 0 Å². The van der Waals surface area contributed by atoms with Crippen molar-refractivity contribution in [2.24, 2.45) is 0 Å². The van der Waals surface area contributed by atoms with Crippen LogP contribution in [0.3, 0.4) is 0 Å². The van der Waals surface area contributed by atoms with Gasteiger partial charge in [0.05, 0.1) is 5.56 Å². The van der Waals surface area contributed by atoms with E-state index in [2.05, 4.69) is 16.8 Å². The molecule has 0 aliphatic rings. The van der Waals surface area contributed by atoms with Gasteiger partial charge in [-0.25, -0.2) is 4.79 Å². The van der Waals surface area contributed by atoms with Crippen molar-refractivity contribution in [1.82, 2.24) is 4.98 Å². The van der Waals surface area contributed by atoms with Gasteiger partial charge in [-0.3, -0.25) is 0 Å². The molecule has 142 valence electrons. The van der Waals surface area contributed by atoms with Gasteiger partial charge >= 0.3 is 5.97 Å². The lowest BCUT2D eigenvalue weighted by Crippen LogP contribution is -2.25. The number of nitrogens with zero attached hydrogens (tertiary/aromatic N) is 2. The SMILES string of the molecule is CCCN(CCCCSc1ccccc1C(=O)O)c1nc2ccccc2o1. The van der Waals surface area contributed by atoms with Gasteiger partial charge in [-0.2, -0.15) is 4.98 Å². The second kappa shape index (κ2) is 9.46. The number of rotatable bonds is 10. The van der Waals surface area contributed by atoms with Crippen LogP contribution in [0, 0.1) is 0 Å². The Morgan fingerprint density at radius 2 is 1.89 bits per heavy atom. The Morgan fingerprint density at radius 3 is 2.67 bits per heavy atom. The first-order valence-corrected chi connectivity index (χ1v) is 10.2. The molecule has 0 atom stereocenters. The third-order valence-corrected chi connectivity index (χ3v) is 5.40. The Kier molecular flexibility index (Phi) is 6.76. The number of aromatic carboxylic acids is 1. The Hall–Kier alpha value is -2.47. The molecule has 0 saturated carbocycles. The number of hydrogen-bond donors (Lipinski definition) is 1. The highest BCUT2D eigenvalue weighted by Gasteiger charge is 2.13. The topological polar surface area (TPSA) is 66.6 Å². The molecule has 1 aromatic heterocycles. The molecular formula is C21H24N2O3S. The van der Waals surface area contributed by atoms with E-state index < -0.39 is 5.97 Å². The summed E-state index contributed by atoms with van der Waals surface area (Å²) in [5, 5.41) is 9.25. The molecule has 3 aromatic rings. The normalized spacial score (nSPS) is 11.0. The number of thioether (sulfide) groups is 1. The summed E-state index contributed by atoms with van der Waals surface area (Å²) in [4.78, 5) is 18.9. The van der Waals surface area contributed by atoms with E-state index in [1.54, 1.807) is 23.9 Å². The van der Waals surface area contributed by atoms with Crippen molar-refractivity contribution in [3.8, 4) is 0 Å². The predicted octanol–water partition coefficient (Wildman–Crippen LogP) is 5.31. The summed E-state index contributed by atoms with van der Waals surface area (Å²) in [7, 11) is 0. The summed E-state index contributed by atoms with van der Waals surface area (Å²) in [5.74, 6) is 0.0147. The first-order valence-electron chi connectivity index (χ1n) is 9.24. The zero-order chi connectivity index (χ0) is 19.1. The predicted molar refractivity (Wildman–Crippen MR) is 110 cm³/mol. The quantitative estimate of drug-likeness (QED) is 0.377. The maximum atomic E-state index is 11.3. The van der Waals surface area contributed by atoms with Crippen LogP contribution < -0.4 is 4.90 Å². The molecule has 0 saturated heterocycles. The first kappa shape index (κ1) is 19.3. The van der Waals surface area contributed by atoms with Crippen LogP contribution in [-0.2, 0) is 0 Å². The first-order chi connectivity index (χ1) is 13.2. The number of anilines is 1. The summed E-state index contributed by atoms with van der Waals surface area (Å²) >= 11 is 1.60. The maximum absolute atomic E-state index is 11.3. The van der Waals surface area contributed by atoms with Gasteiger partial charge in [0, 0.05) is 18.0 Å². The van der Waals surface area contributed by atoms with Crippen LogP contribution in [0.2, 0.25) is 0 Å². The number of fused-ring (bicyclic) bond motifs is 1. The summed E-state index contributed by atoms with van der Waals surface area (Å²) in [5.41, 5.74) is 2.07. The largest absolute Gasteiger partial charge is 0.478 e. The van der Waals surface area contributed by atoms with Crippen molar-refractivity contribution >= 4 is 34.8 Å². The smallest absolute Gasteiger partial charge is 0.336 e. The van der Waals surface area contributed by atoms with Gasteiger partial charge < -0.3 is 14.4 Å². The minimum Gasteiger partial charge on any atom is -0.478 e. The Balaban J connectivity index is 1.52. The third kappa shape index (κ3) is 5.04. The number of carboxylic acid groups (broad SMARTS) is 1. The average Bonchev–Trinajstić information content (AvgIpc) is 3.11. The number of carboxylic acids is 1. The molecule has 0 aliphatic carbocycles. The van der Waals surface area contributed by atoms with Gasteiger partial charge in [0.1, 0.15) is 5.52 Å². The molecule has 0 bridgehead atoms. The average molecular weight is 385 g/mol. The standard InChI is InChI=1S/C21H24N2O3S/c1-2-13-23(21-22-17-10-4-5-11-18(17)26-21)14-7-8-15-27-19-12-6-3-9-16(19)20(24)25/h3-6,9-12H,2,7-8,13-15H2,1H3,(H,24,25). The molecule has 5 nitrogen and oxygen atoms in total. The number of benzene rings is 2. The highest BCUT2D eigenvalue weighted by molar-refractivity contribution is 7.99. The van der Waals surface area contributed by atoms with Crippen LogP contribution in [-0.4, -0.2) is 34.9 Å². The molecule has 1 N–H and O–H groups in total. The number of para-hydroxylation sites is 2. The molecule has 3 rings (SSSR count). The van der Waals surface area contributed by atoms with Crippen LogP contribution in [0.5, 0.6) is 0 Å². The van der Waals surface area contributed by atoms with Crippen molar-refractivity contribution in [2.75, 3.05) is 23.7 Å². The van der Waals surface area contributed by atoms with Crippen molar-refractivity contribution in [2.45, 2.75) is 31.1 Å². The highest BCUT2D eigenvalue weighted by Crippen LogP contribution is 2.25. The molecule has 0 aliphatic heterocycles. The molecule has 0 unspecified atom stereocenters. The summed E-state index contributed by atoms with van der Waals surface area (Å²) < 4.78 is 5.90. The van der Waals surface area contributed by atoms with E-state index in [-0.39, 0.29) is 0 Å². The van der Waals surface area contributed by atoms with Crippen LogP contribution in [0.4, 0.5) is 6.01 Å². The lowest BCUT2D eigenvalue weighted by molar-refractivity contribution is 0.0693. The van der Waals surface area contributed by atoms with Crippen molar-refractivity contribution in [3.05, 3.63) is 54.1 Å². The summed E-state index contributed by atoms with van der Waals surface area (Å²) in [6.45, 7) is 3.93. The second-order valence-electron chi connectivity index (χ2n) is 6.31. The van der Waals surface area contributed by atoms with E-state index in [4.69, 9.17) is 4.42 Å². The Bertz CT molecular complexity index is 861. The lowest BCUT2D eigenvalue weighted by atomic mass is 10.2. The van der Waals surface area contributed by atoms with Crippen LogP contribution in [0.25, 0.3) is 11.1 Å². The van der Waals surface area contributed by atoms with Crippen molar-refractivity contribution in [1.29, 1.82) is 0 Å². The number of carbonyl (C=O) groups is 1. The van der Waals surface area contributed by atoms with E-state index in [1.165, 1.54) is 0 Å². The highest BCUT2D eigenvalue weighted by atomic mass is 32.2. The minimum absolute atomic E-state index is 0.376. The zero-order valence-electron chi connectivity index (χ0n) is 15.4. The van der Waals surface area contributed by atoms with Gasteiger partial charge in [0.15, 0.2) is 5.58 Å². The van der Waals surface area contributed by atoms with Crippen LogP contribution in [0.15, 0.2) is 57.8 Å². The molecule has 0 fully saturated rings. The van der Waals surface area contributed by atoms with E-state index >= 15 is 0 Å². The fourth-order valence-electron chi connectivity index (χ4n) is 2.92. The number of aromatic nitrogens is 1. The summed E-state index contributed by atoms with van der Waals surface area (Å²) in [6, 6.07) is 15.7. The van der Waals surface area contributed by atoms with Crippen molar-refractivity contribution < 1.29 is 14.3 Å². The molecule has 0 spiro atoms. The van der Waals surface area contributed by atoms with E-state index in [1.807, 2.05) is 36.4 Å². The van der Waals surface area contributed by atoms with E-state index in [0.717, 1.165) is 54.1 Å². The van der Waals surface area contributed by atoms with Crippen LogP contribution in [0.1, 0.15) is 36.5 Å². The molecule has 0 amide bonds. The van der Waals surface area contributed by atoms with E-state index in [9.17, 15) is 9.90 Å². The minimum atomic E-state index is -0.872. The zero-order valence-corrected chi connectivity index (χ0v) is 16.2. The number of hydrogen-bond acceptors (Lipinski definition) is 5. The van der Waals surface area contributed by atoms with Crippen LogP contribution >= 0.6 is 11.8 Å². The van der Waals surface area contributed by atoms with Gasteiger partial charge in [-0.05, 0) is 49.3 Å². The summed E-state index contributed by atoms with van der Waals surface area (Å²) in [6.07, 6.45) is 3.03. The molecule has 0 radical (unpaired) electrons. The molecule has 6 heteroatoms. The van der Waals surface area contributed by atoms with Gasteiger partial charge in [-0.1, -0.05) is 31.2 Å². The third-order valence-electron chi connectivity index (χ3n) is 4.24. The Labute approximate surface area is 163 Å². The molecular weight excluding hydrogens is 360 g/mol.